The van der Waals surface area contributed by atoms with Gasteiger partial charge in [-0.15, -0.1) is 0 Å². The van der Waals surface area contributed by atoms with Crippen molar-refractivity contribution in [1.29, 1.82) is 0 Å². The lowest BCUT2D eigenvalue weighted by Gasteiger charge is -2.31. The fourth-order valence-corrected chi connectivity index (χ4v) is 6.39. The van der Waals surface area contributed by atoms with E-state index in [2.05, 4.69) is 20.3 Å². The van der Waals surface area contributed by atoms with Crippen LogP contribution in [-0.4, -0.2) is 70.3 Å². The fraction of sp³-hybridized carbons (Fsp3) is 0.214. The lowest BCUT2D eigenvalue weighted by molar-refractivity contribution is -0.130. The molecule has 1 aliphatic rings. The van der Waals surface area contributed by atoms with Gasteiger partial charge in [-0.3, -0.25) is 4.79 Å². The van der Waals surface area contributed by atoms with Crippen LogP contribution in [0.15, 0.2) is 72.0 Å². The van der Waals surface area contributed by atoms with Gasteiger partial charge in [0.2, 0.25) is 11.9 Å². The number of sulfone groups is 1. The van der Waals surface area contributed by atoms with E-state index < -0.39 is 21.2 Å². The first-order valence-electron chi connectivity index (χ1n) is 12.7. The molecule has 4 N–H and O–H groups in total. The number of carbonyl (C=O) groups is 2. The maximum atomic E-state index is 13.2. The Bertz CT molecular complexity index is 1640. The van der Waals surface area contributed by atoms with Crippen LogP contribution in [0.2, 0.25) is 0 Å². The zero-order chi connectivity index (χ0) is 28.1. The normalized spacial score (nSPS) is 14.4. The summed E-state index contributed by atoms with van der Waals surface area (Å²) in [5.41, 5.74) is 3.64. The summed E-state index contributed by atoms with van der Waals surface area (Å²) in [7, 11) is -3.59. The Morgan fingerprint density at radius 3 is 2.45 bits per heavy atom. The summed E-state index contributed by atoms with van der Waals surface area (Å²) in [5, 5.41) is 14.3. The highest BCUT2D eigenvalue weighted by Gasteiger charge is 2.32. The van der Waals surface area contributed by atoms with Gasteiger partial charge >= 0.3 is 6.09 Å². The first-order valence-corrected chi connectivity index (χ1v) is 14.3. The number of carboxylic acid groups (broad SMARTS) is 1. The Kier molecular flexibility index (Phi) is 7.78. The lowest BCUT2D eigenvalue weighted by Crippen LogP contribution is -2.46. The zero-order valence-corrected chi connectivity index (χ0v) is 22.3. The van der Waals surface area contributed by atoms with Crippen LogP contribution in [0.5, 0.6) is 0 Å². The summed E-state index contributed by atoms with van der Waals surface area (Å²) < 4.78 is 26.3. The number of piperidine rings is 1. The molecule has 1 aliphatic heterocycles. The molecule has 11 nitrogen and oxygen atoms in total. The topological polar surface area (TPSA) is 157 Å². The Hall–Kier alpha value is -4.71. The molecule has 5 rings (SSSR count). The molecule has 2 aromatic carbocycles. The average Bonchev–Trinajstić information content (AvgIpc) is 3.46. The highest BCUT2D eigenvalue weighted by molar-refractivity contribution is 7.92. The number of amides is 2. The highest BCUT2D eigenvalue weighted by atomic mass is 32.2. The Morgan fingerprint density at radius 2 is 1.75 bits per heavy atom. The van der Waals surface area contributed by atoms with Crippen LogP contribution in [0.4, 0.5) is 16.4 Å². The molecule has 0 bridgehead atoms. The molecule has 40 heavy (non-hydrogen) atoms. The van der Waals surface area contributed by atoms with Gasteiger partial charge in [-0.25, -0.2) is 23.2 Å². The maximum absolute atomic E-state index is 13.2. The fourth-order valence-electron chi connectivity index (χ4n) is 4.66. The number of aromatic nitrogens is 3. The molecule has 0 spiro atoms. The molecule has 4 aromatic rings. The molecule has 3 heterocycles. The van der Waals surface area contributed by atoms with E-state index in [1.165, 1.54) is 4.90 Å². The van der Waals surface area contributed by atoms with Crippen LogP contribution >= 0.6 is 0 Å². The van der Waals surface area contributed by atoms with Crippen LogP contribution in [0.25, 0.3) is 23.1 Å². The number of hydrogen-bond acceptors (Lipinski definition) is 7. The molecule has 1 fully saturated rings. The number of hydrogen-bond donors (Lipinski definition) is 4. The van der Waals surface area contributed by atoms with Crippen molar-refractivity contribution in [3.8, 4) is 0 Å². The first-order chi connectivity index (χ1) is 19.3. The van der Waals surface area contributed by atoms with Crippen molar-refractivity contribution >= 4 is 56.5 Å². The van der Waals surface area contributed by atoms with Crippen LogP contribution < -0.4 is 10.6 Å². The third kappa shape index (κ3) is 6.12. The molecule has 2 aromatic heterocycles. The predicted octanol–water partition coefficient (Wildman–Crippen LogP) is 3.90. The Balaban J connectivity index is 1.17. The molecule has 206 valence electrons. The van der Waals surface area contributed by atoms with Gasteiger partial charge in [0.15, 0.2) is 9.84 Å². The third-order valence-electron chi connectivity index (χ3n) is 6.82. The molecule has 2 amide bonds. The van der Waals surface area contributed by atoms with Gasteiger partial charge in [-0.05, 0) is 54.8 Å². The second kappa shape index (κ2) is 11.6. The highest BCUT2D eigenvalue weighted by Crippen LogP contribution is 2.26. The van der Waals surface area contributed by atoms with Gasteiger partial charge in [-0.2, -0.15) is 0 Å². The van der Waals surface area contributed by atoms with E-state index in [1.54, 1.807) is 36.7 Å². The van der Waals surface area contributed by atoms with E-state index in [1.807, 2.05) is 47.9 Å². The molecule has 0 aliphatic carbocycles. The summed E-state index contributed by atoms with van der Waals surface area (Å²) in [5.74, 6) is 0.0178. The van der Waals surface area contributed by atoms with Crippen molar-refractivity contribution in [1.82, 2.24) is 25.2 Å². The molecule has 1 saturated heterocycles. The standard InChI is InChI=1S/C28H28N6O5S/c35-26(18-32-28(36)37)34-14-11-23(12-15-34)40(38,39)22-8-6-21(7-9-22)33-27-30-16-19(17-31-27)4-5-20-2-1-3-25-24(20)10-13-29-25/h1-10,13,16-17,23,29,32H,11-12,14-15,18H2,(H,36,37)(H,30,31,33). The molecular formula is C28H28N6O5S. The number of benzene rings is 2. The average molecular weight is 561 g/mol. The number of aromatic amines is 1. The largest absolute Gasteiger partial charge is 0.465 e. The van der Waals surface area contributed by atoms with Gasteiger partial charge in [0.25, 0.3) is 0 Å². The number of fused-ring (bicyclic) bond motifs is 1. The van der Waals surface area contributed by atoms with E-state index in [0.29, 0.717) is 11.6 Å². The van der Waals surface area contributed by atoms with E-state index in [4.69, 9.17) is 5.11 Å². The van der Waals surface area contributed by atoms with Crippen molar-refractivity contribution in [2.45, 2.75) is 23.0 Å². The van der Waals surface area contributed by atoms with Gasteiger partial charge in [0.1, 0.15) is 6.54 Å². The van der Waals surface area contributed by atoms with Crippen molar-refractivity contribution in [2.24, 2.45) is 0 Å². The predicted molar refractivity (Wildman–Crippen MR) is 152 cm³/mol. The number of anilines is 2. The number of nitrogens with one attached hydrogen (secondary N) is 3. The van der Waals surface area contributed by atoms with Crippen molar-refractivity contribution in [3.05, 3.63) is 78.2 Å². The number of rotatable bonds is 8. The van der Waals surface area contributed by atoms with Crippen LogP contribution in [0.3, 0.4) is 0 Å². The van der Waals surface area contributed by atoms with Crippen LogP contribution in [-0.2, 0) is 14.6 Å². The van der Waals surface area contributed by atoms with Crippen molar-refractivity contribution in [2.75, 3.05) is 25.0 Å². The van der Waals surface area contributed by atoms with Gasteiger partial charge in [0, 0.05) is 53.8 Å². The lowest BCUT2D eigenvalue weighted by atomic mass is 10.1. The third-order valence-corrected chi connectivity index (χ3v) is 9.10. The second-order valence-electron chi connectivity index (χ2n) is 9.39. The summed E-state index contributed by atoms with van der Waals surface area (Å²) in [6, 6.07) is 14.5. The number of carbonyl (C=O) groups excluding carboxylic acids is 1. The van der Waals surface area contributed by atoms with Crippen LogP contribution in [0.1, 0.15) is 24.0 Å². The minimum Gasteiger partial charge on any atom is -0.465 e. The van der Waals surface area contributed by atoms with Crippen molar-refractivity contribution < 1.29 is 23.1 Å². The molecule has 0 atom stereocenters. The van der Waals surface area contributed by atoms with E-state index >= 15 is 0 Å². The second-order valence-corrected chi connectivity index (χ2v) is 11.6. The SMILES string of the molecule is O=C(O)NCC(=O)N1CCC(S(=O)(=O)c2ccc(Nc3ncc(C=Cc4cccc5[nH]ccc45)cn3)cc2)CC1. The quantitative estimate of drug-likeness (QED) is 0.253. The minimum absolute atomic E-state index is 0.203. The Morgan fingerprint density at radius 1 is 1.02 bits per heavy atom. The van der Waals surface area contributed by atoms with E-state index in [-0.39, 0.29) is 43.3 Å². The Labute approximate surface area is 230 Å². The monoisotopic (exact) mass is 560 g/mol. The summed E-state index contributed by atoms with van der Waals surface area (Å²) in [6.07, 6.45) is 8.58. The van der Waals surface area contributed by atoms with Crippen molar-refractivity contribution in [3.63, 3.8) is 0 Å². The number of likely N-dealkylation sites (tertiary alicyclic amines) is 1. The zero-order valence-electron chi connectivity index (χ0n) is 21.4. The number of H-pyrrole nitrogens is 1. The summed E-state index contributed by atoms with van der Waals surface area (Å²) in [6.45, 7) is 0.192. The summed E-state index contributed by atoms with van der Waals surface area (Å²) >= 11 is 0. The molecule has 0 radical (unpaired) electrons. The first kappa shape index (κ1) is 26.9. The van der Waals surface area contributed by atoms with Gasteiger partial charge in [0.05, 0.1) is 10.1 Å². The maximum Gasteiger partial charge on any atom is 0.405 e. The molecule has 0 saturated carbocycles. The van der Waals surface area contributed by atoms with E-state index in [9.17, 15) is 18.0 Å². The van der Waals surface area contributed by atoms with Gasteiger partial charge in [-0.1, -0.05) is 24.3 Å². The molecule has 0 unspecified atom stereocenters. The molecular weight excluding hydrogens is 532 g/mol. The molecule has 12 heteroatoms. The van der Waals surface area contributed by atoms with E-state index in [0.717, 1.165) is 22.0 Å². The van der Waals surface area contributed by atoms with Crippen LogP contribution in [0, 0.1) is 0 Å². The minimum atomic E-state index is -3.59. The number of nitrogens with zero attached hydrogens (tertiary/aromatic N) is 3. The smallest absolute Gasteiger partial charge is 0.405 e. The summed E-state index contributed by atoms with van der Waals surface area (Å²) in [4.78, 5) is 36.3. The van der Waals surface area contributed by atoms with Gasteiger partial charge < -0.3 is 25.6 Å².